The van der Waals surface area contributed by atoms with E-state index in [9.17, 15) is 14.7 Å². The Balaban J connectivity index is 2.01. The number of carbonyl (C=O) groups is 2. The summed E-state index contributed by atoms with van der Waals surface area (Å²) < 4.78 is 0. The van der Waals surface area contributed by atoms with E-state index in [1.165, 1.54) is 0 Å². The van der Waals surface area contributed by atoms with Crippen LogP contribution in [0.5, 0.6) is 0 Å². The van der Waals surface area contributed by atoms with Crippen LogP contribution < -0.4 is 0 Å². The molecule has 108 valence electrons. The number of rotatable bonds is 6. The molecule has 0 unspecified atom stereocenters. The molecule has 1 N–H and O–H groups in total. The van der Waals surface area contributed by atoms with Crippen LogP contribution in [0, 0.1) is 5.92 Å². The first-order valence-corrected chi connectivity index (χ1v) is 6.95. The van der Waals surface area contributed by atoms with Gasteiger partial charge < -0.3 is 5.11 Å². The topological polar surface area (TPSA) is 54.4 Å². The lowest BCUT2D eigenvalue weighted by atomic mass is 9.90. The summed E-state index contributed by atoms with van der Waals surface area (Å²) in [6, 6.07) is 17.5. The van der Waals surface area contributed by atoms with Crippen LogP contribution in [0.4, 0.5) is 0 Å². The Bertz CT molecular complexity index is 605. The van der Waals surface area contributed by atoms with Gasteiger partial charge in [0.15, 0.2) is 11.6 Å². The summed E-state index contributed by atoms with van der Waals surface area (Å²) in [6.45, 7) is 1.71. The fraction of sp³-hybridized carbons (Fsp3) is 0.222. The number of hydrogen-bond acceptors (Lipinski definition) is 3. The quantitative estimate of drug-likeness (QED) is 0.828. The SMILES string of the molecule is C[C@@H](CC(=O)c1ccccc1)[C@H](O)C(=O)c1ccccc1. The molecule has 0 radical (unpaired) electrons. The number of aliphatic hydroxyl groups excluding tert-OH is 1. The highest BCUT2D eigenvalue weighted by molar-refractivity contribution is 6.00. The van der Waals surface area contributed by atoms with E-state index in [4.69, 9.17) is 0 Å². The molecule has 0 aliphatic heterocycles. The Kier molecular flexibility index (Phi) is 5.01. The molecule has 2 aromatic rings. The smallest absolute Gasteiger partial charge is 0.191 e. The van der Waals surface area contributed by atoms with Crippen molar-refractivity contribution >= 4 is 11.6 Å². The van der Waals surface area contributed by atoms with Gasteiger partial charge in [-0.2, -0.15) is 0 Å². The van der Waals surface area contributed by atoms with Crippen molar-refractivity contribution in [3.05, 3.63) is 71.8 Å². The average Bonchev–Trinajstić information content (AvgIpc) is 2.55. The Labute approximate surface area is 124 Å². The molecule has 0 spiro atoms. The summed E-state index contributed by atoms with van der Waals surface area (Å²) in [6.07, 6.45) is -1.02. The molecule has 0 aliphatic carbocycles. The molecule has 0 heterocycles. The minimum atomic E-state index is -1.17. The third-order valence-corrected chi connectivity index (χ3v) is 3.47. The number of benzene rings is 2. The maximum atomic E-state index is 12.1. The first-order valence-electron chi connectivity index (χ1n) is 6.95. The molecule has 21 heavy (non-hydrogen) atoms. The molecule has 3 heteroatoms. The molecule has 2 rings (SSSR count). The summed E-state index contributed by atoms with van der Waals surface area (Å²) >= 11 is 0. The second kappa shape index (κ2) is 6.95. The van der Waals surface area contributed by atoms with Gasteiger partial charge in [0.1, 0.15) is 6.10 Å². The second-order valence-corrected chi connectivity index (χ2v) is 5.15. The first-order chi connectivity index (χ1) is 10.1. The molecular formula is C18H18O3. The first kappa shape index (κ1) is 15.1. The van der Waals surface area contributed by atoms with Crippen molar-refractivity contribution in [3.8, 4) is 0 Å². The van der Waals surface area contributed by atoms with E-state index in [0.717, 1.165) is 0 Å². The maximum Gasteiger partial charge on any atom is 0.191 e. The van der Waals surface area contributed by atoms with Gasteiger partial charge in [-0.1, -0.05) is 67.6 Å². The zero-order valence-corrected chi connectivity index (χ0v) is 11.9. The van der Waals surface area contributed by atoms with E-state index in [1.807, 2.05) is 12.1 Å². The van der Waals surface area contributed by atoms with Crippen molar-refractivity contribution in [2.45, 2.75) is 19.4 Å². The van der Waals surface area contributed by atoms with Crippen LogP contribution in [0.3, 0.4) is 0 Å². The Hall–Kier alpha value is -2.26. The number of carbonyl (C=O) groups excluding carboxylic acids is 2. The molecule has 0 bridgehead atoms. The van der Waals surface area contributed by atoms with Gasteiger partial charge in [0.25, 0.3) is 0 Å². The van der Waals surface area contributed by atoms with Crippen LogP contribution >= 0.6 is 0 Å². The standard InChI is InChI=1S/C18H18O3/c1-13(12-16(19)14-8-4-2-5-9-14)17(20)18(21)15-10-6-3-7-11-15/h2-11,13,17,20H,12H2,1H3/t13-,17-/m0/s1. The van der Waals surface area contributed by atoms with Crippen LogP contribution in [0.25, 0.3) is 0 Å². The van der Waals surface area contributed by atoms with Crippen LogP contribution in [-0.4, -0.2) is 22.8 Å². The van der Waals surface area contributed by atoms with Crippen LogP contribution in [-0.2, 0) is 0 Å². The Morgan fingerprint density at radius 2 is 1.38 bits per heavy atom. The second-order valence-electron chi connectivity index (χ2n) is 5.15. The third kappa shape index (κ3) is 3.86. The highest BCUT2D eigenvalue weighted by atomic mass is 16.3. The van der Waals surface area contributed by atoms with Crippen molar-refractivity contribution in [2.75, 3.05) is 0 Å². The fourth-order valence-electron chi connectivity index (χ4n) is 2.18. The van der Waals surface area contributed by atoms with Crippen molar-refractivity contribution in [1.29, 1.82) is 0 Å². The summed E-state index contributed by atoms with van der Waals surface area (Å²) in [5.74, 6) is -0.836. The maximum absolute atomic E-state index is 12.1. The average molecular weight is 282 g/mol. The van der Waals surface area contributed by atoms with E-state index < -0.39 is 12.0 Å². The molecule has 3 nitrogen and oxygen atoms in total. The molecular weight excluding hydrogens is 264 g/mol. The largest absolute Gasteiger partial charge is 0.385 e. The Morgan fingerprint density at radius 1 is 0.905 bits per heavy atom. The van der Waals surface area contributed by atoms with Crippen LogP contribution in [0.1, 0.15) is 34.1 Å². The van der Waals surface area contributed by atoms with Gasteiger partial charge in [-0.15, -0.1) is 0 Å². The van der Waals surface area contributed by atoms with E-state index in [1.54, 1.807) is 55.5 Å². The monoisotopic (exact) mass is 282 g/mol. The zero-order chi connectivity index (χ0) is 15.2. The lowest BCUT2D eigenvalue weighted by Gasteiger charge is -2.17. The predicted octanol–water partition coefficient (Wildman–Crippen LogP) is 3.14. The van der Waals surface area contributed by atoms with E-state index in [-0.39, 0.29) is 18.0 Å². The lowest BCUT2D eigenvalue weighted by Crippen LogP contribution is -2.29. The zero-order valence-electron chi connectivity index (χ0n) is 11.9. The van der Waals surface area contributed by atoms with Gasteiger partial charge in [-0.05, 0) is 5.92 Å². The van der Waals surface area contributed by atoms with Gasteiger partial charge in [-0.25, -0.2) is 0 Å². The summed E-state index contributed by atoms with van der Waals surface area (Å²) in [5.41, 5.74) is 1.06. The van der Waals surface area contributed by atoms with Gasteiger partial charge in [-0.3, -0.25) is 9.59 Å². The van der Waals surface area contributed by atoms with Gasteiger partial charge in [0, 0.05) is 17.5 Å². The lowest BCUT2D eigenvalue weighted by molar-refractivity contribution is 0.0598. The summed E-state index contributed by atoms with van der Waals surface area (Å²) in [7, 11) is 0. The van der Waals surface area contributed by atoms with Gasteiger partial charge in [0.05, 0.1) is 0 Å². The number of aliphatic hydroxyl groups is 1. The predicted molar refractivity (Wildman–Crippen MR) is 81.3 cm³/mol. The highest BCUT2D eigenvalue weighted by Gasteiger charge is 2.25. The van der Waals surface area contributed by atoms with Gasteiger partial charge >= 0.3 is 0 Å². The normalized spacial score (nSPS) is 13.4. The van der Waals surface area contributed by atoms with Crippen molar-refractivity contribution < 1.29 is 14.7 Å². The molecule has 0 aliphatic rings. The van der Waals surface area contributed by atoms with Crippen LogP contribution in [0.2, 0.25) is 0 Å². The van der Waals surface area contributed by atoms with Crippen molar-refractivity contribution in [3.63, 3.8) is 0 Å². The highest BCUT2D eigenvalue weighted by Crippen LogP contribution is 2.17. The van der Waals surface area contributed by atoms with Crippen molar-refractivity contribution in [2.24, 2.45) is 5.92 Å². The Morgan fingerprint density at radius 3 is 1.90 bits per heavy atom. The van der Waals surface area contributed by atoms with E-state index >= 15 is 0 Å². The summed E-state index contributed by atoms with van der Waals surface area (Å²) in [5, 5.41) is 10.1. The minimum absolute atomic E-state index is 0.0667. The molecule has 2 aromatic carbocycles. The van der Waals surface area contributed by atoms with Crippen LogP contribution in [0.15, 0.2) is 60.7 Å². The third-order valence-electron chi connectivity index (χ3n) is 3.47. The fourth-order valence-corrected chi connectivity index (χ4v) is 2.18. The number of ketones is 2. The summed E-state index contributed by atoms with van der Waals surface area (Å²) in [4.78, 5) is 24.2. The molecule has 2 atom stereocenters. The van der Waals surface area contributed by atoms with Gasteiger partial charge in [0.2, 0.25) is 0 Å². The minimum Gasteiger partial charge on any atom is -0.385 e. The van der Waals surface area contributed by atoms with E-state index in [0.29, 0.717) is 11.1 Å². The molecule has 0 aromatic heterocycles. The number of hydrogen-bond donors (Lipinski definition) is 1. The molecule has 0 saturated carbocycles. The molecule has 0 amide bonds. The van der Waals surface area contributed by atoms with Crippen molar-refractivity contribution in [1.82, 2.24) is 0 Å². The number of Topliss-reactive ketones (excluding diaryl/α,β-unsaturated/α-hetero) is 2. The molecule has 0 fully saturated rings. The molecule has 0 saturated heterocycles. The van der Waals surface area contributed by atoms with E-state index in [2.05, 4.69) is 0 Å².